The first-order chi connectivity index (χ1) is 20.3. The third-order valence-corrected chi connectivity index (χ3v) is 8.05. The lowest BCUT2D eigenvalue weighted by Crippen LogP contribution is -2.14. The van der Waals surface area contributed by atoms with Crippen molar-refractivity contribution >= 4 is 27.6 Å². The molecular weight excluding hydrogens is 498 g/mol. The molecule has 0 fully saturated rings. The quantitative estimate of drug-likeness (QED) is 0.123. The van der Waals surface area contributed by atoms with Crippen LogP contribution in [0.5, 0.6) is 0 Å². The lowest BCUT2D eigenvalue weighted by atomic mass is 9.79. The molecule has 0 saturated carbocycles. The molecule has 1 aliphatic carbocycles. The first-order valence-electron chi connectivity index (χ1n) is 14.3. The SMILES string of the molecule is COC(=C/C=C\CN)/C(=C/Cc1ccc(-c2ccccc2)cc1)C1C=Cc2c(c3ccccc3c3ccccc23)C1. The van der Waals surface area contributed by atoms with Gasteiger partial charge in [-0.05, 0) is 73.9 Å². The lowest BCUT2D eigenvalue weighted by Gasteiger charge is -2.26. The predicted molar refractivity (Wildman–Crippen MR) is 175 cm³/mol. The van der Waals surface area contributed by atoms with Crippen LogP contribution in [-0.4, -0.2) is 13.7 Å². The first-order valence-corrected chi connectivity index (χ1v) is 14.3. The second-order valence-corrected chi connectivity index (χ2v) is 10.5. The molecule has 202 valence electrons. The number of ether oxygens (including phenoxy) is 1. The Kier molecular flexibility index (Phi) is 7.93. The fraction of sp³-hybridized carbons (Fsp3) is 0.128. The van der Waals surface area contributed by atoms with E-state index in [2.05, 4.69) is 121 Å². The second-order valence-electron chi connectivity index (χ2n) is 10.5. The highest BCUT2D eigenvalue weighted by Crippen LogP contribution is 2.40. The van der Waals surface area contributed by atoms with E-state index in [0.717, 1.165) is 18.6 Å². The second kappa shape index (κ2) is 12.2. The number of allylic oxidation sites excluding steroid dienone is 5. The van der Waals surface area contributed by atoms with Crippen molar-refractivity contribution < 1.29 is 4.74 Å². The summed E-state index contributed by atoms with van der Waals surface area (Å²) >= 11 is 0. The third-order valence-electron chi connectivity index (χ3n) is 8.05. The van der Waals surface area contributed by atoms with Crippen LogP contribution in [0.4, 0.5) is 0 Å². The smallest absolute Gasteiger partial charge is 0.122 e. The average Bonchev–Trinajstić information content (AvgIpc) is 3.05. The van der Waals surface area contributed by atoms with Crippen LogP contribution in [0.3, 0.4) is 0 Å². The Morgan fingerprint density at radius 3 is 2.12 bits per heavy atom. The van der Waals surface area contributed by atoms with E-state index >= 15 is 0 Å². The van der Waals surface area contributed by atoms with Gasteiger partial charge in [0, 0.05) is 12.5 Å². The molecule has 6 rings (SSSR count). The summed E-state index contributed by atoms with van der Waals surface area (Å²) in [7, 11) is 1.76. The largest absolute Gasteiger partial charge is 0.496 e. The minimum Gasteiger partial charge on any atom is -0.496 e. The molecule has 41 heavy (non-hydrogen) atoms. The molecule has 0 amide bonds. The van der Waals surface area contributed by atoms with Crippen LogP contribution >= 0.6 is 0 Å². The van der Waals surface area contributed by atoms with Crippen molar-refractivity contribution in [3.8, 4) is 11.1 Å². The Morgan fingerprint density at radius 2 is 1.41 bits per heavy atom. The first kappa shape index (κ1) is 26.6. The molecule has 0 aromatic heterocycles. The van der Waals surface area contributed by atoms with Gasteiger partial charge >= 0.3 is 0 Å². The van der Waals surface area contributed by atoms with Crippen LogP contribution in [0.25, 0.3) is 38.7 Å². The lowest BCUT2D eigenvalue weighted by molar-refractivity contribution is 0.294. The van der Waals surface area contributed by atoms with Crippen molar-refractivity contribution in [1.82, 2.24) is 0 Å². The van der Waals surface area contributed by atoms with E-state index < -0.39 is 0 Å². The highest BCUT2D eigenvalue weighted by Gasteiger charge is 2.24. The highest BCUT2D eigenvalue weighted by molar-refractivity contribution is 6.13. The fourth-order valence-electron chi connectivity index (χ4n) is 6.01. The van der Waals surface area contributed by atoms with Gasteiger partial charge in [0.25, 0.3) is 0 Å². The minimum absolute atomic E-state index is 0.188. The summed E-state index contributed by atoms with van der Waals surface area (Å²) in [6, 6.07) is 37.0. The predicted octanol–water partition coefficient (Wildman–Crippen LogP) is 9.06. The zero-order chi connectivity index (χ0) is 28.0. The van der Waals surface area contributed by atoms with Crippen LogP contribution in [-0.2, 0) is 17.6 Å². The Labute approximate surface area is 242 Å². The van der Waals surface area contributed by atoms with E-state index in [1.54, 1.807) is 7.11 Å². The molecule has 0 spiro atoms. The summed E-state index contributed by atoms with van der Waals surface area (Å²) in [5.74, 6) is 1.06. The van der Waals surface area contributed by atoms with E-state index in [0.29, 0.717) is 6.54 Å². The van der Waals surface area contributed by atoms with E-state index in [4.69, 9.17) is 10.5 Å². The van der Waals surface area contributed by atoms with Gasteiger partial charge in [-0.2, -0.15) is 0 Å². The monoisotopic (exact) mass is 533 g/mol. The molecule has 1 aliphatic rings. The van der Waals surface area contributed by atoms with Crippen LogP contribution in [0, 0.1) is 5.92 Å². The van der Waals surface area contributed by atoms with Crippen molar-refractivity contribution in [1.29, 1.82) is 0 Å². The topological polar surface area (TPSA) is 35.2 Å². The van der Waals surface area contributed by atoms with E-state index in [1.165, 1.54) is 54.9 Å². The Balaban J connectivity index is 1.38. The summed E-state index contributed by atoms with van der Waals surface area (Å²) in [6.45, 7) is 0.496. The zero-order valence-corrected chi connectivity index (χ0v) is 23.5. The Morgan fingerprint density at radius 1 is 0.780 bits per heavy atom. The summed E-state index contributed by atoms with van der Waals surface area (Å²) in [5.41, 5.74) is 13.4. The molecule has 0 radical (unpaired) electrons. The average molecular weight is 534 g/mol. The molecule has 5 aromatic rings. The van der Waals surface area contributed by atoms with Gasteiger partial charge in [-0.1, -0.05) is 134 Å². The number of methoxy groups -OCH3 is 1. The molecule has 0 saturated heterocycles. The Bertz CT molecular complexity index is 1790. The van der Waals surface area contributed by atoms with Gasteiger partial charge < -0.3 is 10.5 Å². The molecule has 0 heterocycles. The zero-order valence-electron chi connectivity index (χ0n) is 23.5. The van der Waals surface area contributed by atoms with Crippen LogP contribution < -0.4 is 5.73 Å². The molecule has 0 aliphatic heterocycles. The number of rotatable bonds is 8. The number of hydrogen-bond acceptors (Lipinski definition) is 2. The molecule has 0 bridgehead atoms. The maximum absolute atomic E-state index is 5.99. The summed E-state index contributed by atoms with van der Waals surface area (Å²) in [5, 5.41) is 5.27. The van der Waals surface area contributed by atoms with Crippen molar-refractivity contribution in [3.05, 3.63) is 162 Å². The fourth-order valence-corrected chi connectivity index (χ4v) is 6.01. The van der Waals surface area contributed by atoms with Gasteiger partial charge in [0.15, 0.2) is 0 Å². The van der Waals surface area contributed by atoms with Crippen LogP contribution in [0.15, 0.2) is 145 Å². The number of hydrogen-bond donors (Lipinski definition) is 1. The molecule has 1 atom stereocenters. The number of benzene rings is 5. The molecule has 5 aromatic carbocycles. The molecule has 2 N–H and O–H groups in total. The standard InChI is InChI=1S/C39H35NO/c1-41-39(17-9-10-26-40)32(24-20-28-18-21-30(22-19-28)29-11-3-2-4-12-29)31-23-25-37-35-15-6-5-13-33(35)34-14-7-8-16-36(34)38(37)27-31/h2-19,21-25,31H,20,26-27,40H2,1H3/b10-9-,32-24+,39-17+. The van der Waals surface area contributed by atoms with Gasteiger partial charge in [0.05, 0.1) is 7.11 Å². The van der Waals surface area contributed by atoms with Gasteiger partial charge in [-0.3, -0.25) is 0 Å². The van der Waals surface area contributed by atoms with Crippen LogP contribution in [0.1, 0.15) is 16.7 Å². The summed E-state index contributed by atoms with van der Waals surface area (Å²) in [4.78, 5) is 0. The van der Waals surface area contributed by atoms with E-state index in [1.807, 2.05) is 18.2 Å². The van der Waals surface area contributed by atoms with E-state index in [-0.39, 0.29) is 5.92 Å². The van der Waals surface area contributed by atoms with Gasteiger partial charge in [0.2, 0.25) is 0 Å². The number of fused-ring (bicyclic) bond motifs is 6. The van der Waals surface area contributed by atoms with Crippen molar-refractivity contribution in [2.24, 2.45) is 11.7 Å². The van der Waals surface area contributed by atoms with Gasteiger partial charge in [-0.25, -0.2) is 0 Å². The molecule has 2 nitrogen and oxygen atoms in total. The summed E-state index contributed by atoms with van der Waals surface area (Å²) in [6.07, 6.45) is 14.7. The van der Waals surface area contributed by atoms with E-state index in [9.17, 15) is 0 Å². The van der Waals surface area contributed by atoms with Crippen LogP contribution in [0.2, 0.25) is 0 Å². The molecule has 2 heteroatoms. The van der Waals surface area contributed by atoms with Gasteiger partial charge in [0.1, 0.15) is 5.76 Å². The molecule has 1 unspecified atom stereocenters. The van der Waals surface area contributed by atoms with Gasteiger partial charge in [-0.15, -0.1) is 0 Å². The normalized spacial score (nSPS) is 15.5. The summed E-state index contributed by atoms with van der Waals surface area (Å²) < 4.78 is 5.99. The third kappa shape index (κ3) is 5.52. The maximum atomic E-state index is 5.99. The maximum Gasteiger partial charge on any atom is 0.122 e. The Hall–Kier alpha value is -4.66. The van der Waals surface area contributed by atoms with Crippen molar-refractivity contribution in [3.63, 3.8) is 0 Å². The van der Waals surface area contributed by atoms with Crippen molar-refractivity contribution in [2.45, 2.75) is 12.8 Å². The number of nitrogens with two attached hydrogens (primary N) is 1. The minimum atomic E-state index is 0.188. The van der Waals surface area contributed by atoms with Crippen molar-refractivity contribution in [2.75, 3.05) is 13.7 Å². The highest BCUT2D eigenvalue weighted by atomic mass is 16.5. The molecular formula is C39H35NO.